The van der Waals surface area contributed by atoms with Crippen molar-refractivity contribution in [3.63, 3.8) is 0 Å². The van der Waals surface area contributed by atoms with E-state index in [0.717, 1.165) is 55.0 Å². The number of hydrogen-bond acceptors (Lipinski definition) is 4. The third-order valence-electron chi connectivity index (χ3n) is 5.70. The van der Waals surface area contributed by atoms with E-state index >= 15 is 0 Å². The third-order valence-corrected chi connectivity index (χ3v) is 5.70. The van der Waals surface area contributed by atoms with Gasteiger partial charge in [-0.2, -0.15) is 0 Å². The van der Waals surface area contributed by atoms with Gasteiger partial charge in [0.2, 0.25) is 5.91 Å². The third kappa shape index (κ3) is 3.98. The molecule has 1 aliphatic heterocycles. The number of likely N-dealkylation sites (N-methyl/N-ethyl adjacent to an activating group) is 1. The molecular formula is C23H29N5O2. The quantitative estimate of drug-likeness (QED) is 0.682. The van der Waals surface area contributed by atoms with E-state index in [-0.39, 0.29) is 18.1 Å². The first kappa shape index (κ1) is 20.2. The second kappa shape index (κ2) is 8.75. The monoisotopic (exact) mass is 407 g/mol. The van der Waals surface area contributed by atoms with Crippen molar-refractivity contribution >= 4 is 28.3 Å². The number of aryl methyl sites for hydroxylation is 1. The number of carbonyl (C=O) groups is 1. The summed E-state index contributed by atoms with van der Waals surface area (Å²) < 4.78 is 3.32. The van der Waals surface area contributed by atoms with Crippen molar-refractivity contribution in [3.05, 3.63) is 59.0 Å². The van der Waals surface area contributed by atoms with E-state index in [1.54, 1.807) is 9.13 Å². The normalized spacial score (nSPS) is 14.9. The zero-order valence-corrected chi connectivity index (χ0v) is 17.7. The molecule has 0 atom stereocenters. The van der Waals surface area contributed by atoms with Crippen LogP contribution in [0.15, 0.2) is 53.3 Å². The van der Waals surface area contributed by atoms with Crippen LogP contribution in [0.3, 0.4) is 0 Å². The summed E-state index contributed by atoms with van der Waals surface area (Å²) in [7, 11) is 2.12. The Hall–Kier alpha value is -3.06. The fraction of sp³-hybridized carbons (Fsp3) is 0.391. The van der Waals surface area contributed by atoms with E-state index < -0.39 is 0 Å². The van der Waals surface area contributed by atoms with Gasteiger partial charge in [-0.25, -0.2) is 4.79 Å². The predicted octanol–water partition coefficient (Wildman–Crippen LogP) is 2.60. The van der Waals surface area contributed by atoms with Gasteiger partial charge in [0, 0.05) is 32.7 Å². The first-order chi connectivity index (χ1) is 14.6. The molecule has 0 bridgehead atoms. The van der Waals surface area contributed by atoms with Crippen LogP contribution in [0.5, 0.6) is 0 Å². The molecule has 7 heteroatoms. The second-order valence-electron chi connectivity index (χ2n) is 7.86. The van der Waals surface area contributed by atoms with Gasteiger partial charge in [0.15, 0.2) is 0 Å². The standard InChI is InChI=1S/C23H29N5O2/c1-3-12-27-20-10-6-7-11-21(20)28(23(27)30)17-22(29)24-18-8-4-5-9-19(18)26-15-13-25(2)14-16-26/h4-11H,3,12-17H2,1-2H3,(H,24,29). The van der Waals surface area contributed by atoms with Crippen molar-refractivity contribution in [3.8, 4) is 0 Å². The lowest BCUT2D eigenvalue weighted by atomic mass is 10.2. The molecular weight excluding hydrogens is 378 g/mol. The summed E-state index contributed by atoms with van der Waals surface area (Å²) in [5.41, 5.74) is 3.34. The molecule has 2 heterocycles. The van der Waals surface area contributed by atoms with Gasteiger partial charge in [-0.15, -0.1) is 0 Å². The Morgan fingerprint density at radius 3 is 2.27 bits per heavy atom. The summed E-state index contributed by atoms with van der Waals surface area (Å²) in [6, 6.07) is 15.5. The van der Waals surface area contributed by atoms with E-state index in [1.807, 2.05) is 55.5 Å². The lowest BCUT2D eigenvalue weighted by molar-refractivity contribution is -0.116. The molecule has 0 spiro atoms. The maximum Gasteiger partial charge on any atom is 0.329 e. The molecule has 1 saturated heterocycles. The maximum absolute atomic E-state index is 12.9. The van der Waals surface area contributed by atoms with Crippen LogP contribution in [0.1, 0.15) is 13.3 Å². The van der Waals surface area contributed by atoms with Gasteiger partial charge in [-0.1, -0.05) is 31.2 Å². The Labute approximate surface area is 176 Å². The minimum absolute atomic E-state index is 0.00681. The summed E-state index contributed by atoms with van der Waals surface area (Å²) in [5, 5.41) is 3.04. The number of hydrogen-bond donors (Lipinski definition) is 1. The predicted molar refractivity (Wildman–Crippen MR) is 121 cm³/mol. The number of para-hydroxylation sites is 4. The number of carbonyl (C=O) groups excluding carboxylic acids is 1. The molecule has 1 N–H and O–H groups in total. The molecule has 2 aromatic carbocycles. The summed E-state index contributed by atoms with van der Waals surface area (Å²) in [5.74, 6) is -0.196. The Kier molecular flexibility index (Phi) is 5.90. The van der Waals surface area contributed by atoms with Gasteiger partial charge in [-0.3, -0.25) is 13.9 Å². The molecule has 1 aromatic heterocycles. The van der Waals surface area contributed by atoms with Crippen LogP contribution in [0.4, 0.5) is 11.4 Å². The average Bonchev–Trinajstić information content (AvgIpc) is 3.01. The highest BCUT2D eigenvalue weighted by molar-refractivity contribution is 5.95. The molecule has 1 amide bonds. The Morgan fingerprint density at radius 2 is 1.57 bits per heavy atom. The summed E-state index contributed by atoms with van der Waals surface area (Å²) in [6.07, 6.45) is 0.860. The fourth-order valence-corrected chi connectivity index (χ4v) is 4.10. The maximum atomic E-state index is 12.9. The van der Waals surface area contributed by atoms with Crippen molar-refractivity contribution in [1.82, 2.24) is 14.0 Å². The van der Waals surface area contributed by atoms with Gasteiger partial charge < -0.3 is 15.1 Å². The van der Waals surface area contributed by atoms with Crippen molar-refractivity contribution in [2.45, 2.75) is 26.4 Å². The molecule has 1 aliphatic rings. The molecule has 1 fully saturated rings. The zero-order chi connectivity index (χ0) is 21.1. The van der Waals surface area contributed by atoms with Crippen molar-refractivity contribution in [2.75, 3.05) is 43.4 Å². The molecule has 7 nitrogen and oxygen atoms in total. The number of aromatic nitrogens is 2. The average molecular weight is 408 g/mol. The number of imidazole rings is 1. The molecule has 158 valence electrons. The number of nitrogens with zero attached hydrogens (tertiary/aromatic N) is 4. The highest BCUT2D eigenvalue weighted by Crippen LogP contribution is 2.26. The molecule has 3 aromatic rings. The van der Waals surface area contributed by atoms with Crippen molar-refractivity contribution < 1.29 is 4.79 Å². The van der Waals surface area contributed by atoms with E-state index in [9.17, 15) is 9.59 Å². The minimum Gasteiger partial charge on any atom is -0.367 e. The Bertz CT molecular complexity index is 1090. The largest absolute Gasteiger partial charge is 0.367 e. The topological polar surface area (TPSA) is 62.5 Å². The molecule has 0 unspecified atom stereocenters. The Balaban J connectivity index is 1.57. The summed E-state index contributed by atoms with van der Waals surface area (Å²) in [6.45, 7) is 6.51. The highest BCUT2D eigenvalue weighted by atomic mass is 16.2. The van der Waals surface area contributed by atoms with Gasteiger partial charge >= 0.3 is 5.69 Å². The molecule has 0 aliphatic carbocycles. The van der Waals surface area contributed by atoms with E-state index in [2.05, 4.69) is 22.2 Å². The number of nitrogens with one attached hydrogen (secondary N) is 1. The molecule has 4 rings (SSSR count). The number of anilines is 2. The van der Waals surface area contributed by atoms with Crippen LogP contribution in [-0.2, 0) is 17.9 Å². The highest BCUT2D eigenvalue weighted by Gasteiger charge is 2.19. The van der Waals surface area contributed by atoms with E-state index in [4.69, 9.17) is 0 Å². The number of rotatable bonds is 6. The van der Waals surface area contributed by atoms with E-state index in [1.165, 1.54) is 0 Å². The summed E-state index contributed by atoms with van der Waals surface area (Å²) >= 11 is 0. The first-order valence-corrected chi connectivity index (χ1v) is 10.6. The molecule has 0 radical (unpaired) electrons. The van der Waals surface area contributed by atoms with Crippen LogP contribution in [0.25, 0.3) is 11.0 Å². The van der Waals surface area contributed by atoms with Gasteiger partial charge in [0.05, 0.1) is 22.4 Å². The van der Waals surface area contributed by atoms with Gasteiger partial charge in [0.1, 0.15) is 6.54 Å². The minimum atomic E-state index is -0.196. The first-order valence-electron chi connectivity index (χ1n) is 10.6. The Morgan fingerprint density at radius 1 is 0.933 bits per heavy atom. The van der Waals surface area contributed by atoms with Crippen molar-refractivity contribution in [1.29, 1.82) is 0 Å². The SMILES string of the molecule is CCCn1c(=O)n(CC(=O)Nc2ccccc2N2CCN(C)CC2)c2ccccc21. The molecule has 30 heavy (non-hydrogen) atoms. The van der Waals surface area contributed by atoms with Crippen LogP contribution < -0.4 is 15.9 Å². The van der Waals surface area contributed by atoms with Crippen LogP contribution >= 0.6 is 0 Å². The number of amides is 1. The van der Waals surface area contributed by atoms with E-state index in [0.29, 0.717) is 6.54 Å². The number of fused-ring (bicyclic) bond motifs is 1. The molecule has 0 saturated carbocycles. The lowest BCUT2D eigenvalue weighted by Gasteiger charge is -2.35. The zero-order valence-electron chi connectivity index (χ0n) is 17.7. The lowest BCUT2D eigenvalue weighted by Crippen LogP contribution is -2.44. The summed E-state index contributed by atoms with van der Waals surface area (Å²) in [4.78, 5) is 30.5. The smallest absolute Gasteiger partial charge is 0.329 e. The van der Waals surface area contributed by atoms with Gasteiger partial charge in [-0.05, 0) is 37.7 Å². The number of benzene rings is 2. The van der Waals surface area contributed by atoms with Crippen LogP contribution in [0.2, 0.25) is 0 Å². The van der Waals surface area contributed by atoms with Gasteiger partial charge in [0.25, 0.3) is 0 Å². The second-order valence-corrected chi connectivity index (χ2v) is 7.86. The van der Waals surface area contributed by atoms with Crippen molar-refractivity contribution in [2.24, 2.45) is 0 Å². The van der Waals surface area contributed by atoms with Crippen LogP contribution in [-0.4, -0.2) is 53.2 Å². The fourth-order valence-electron chi connectivity index (χ4n) is 4.10. The number of piperazine rings is 1. The van der Waals surface area contributed by atoms with Crippen LogP contribution in [0, 0.1) is 0 Å².